The van der Waals surface area contributed by atoms with Gasteiger partial charge in [0.15, 0.2) is 5.82 Å². The van der Waals surface area contributed by atoms with Gasteiger partial charge in [0, 0.05) is 5.56 Å². The van der Waals surface area contributed by atoms with Crippen LogP contribution in [0.1, 0.15) is 13.3 Å². The molecule has 1 aromatic heterocycles. The first-order valence-electron chi connectivity index (χ1n) is 5.41. The number of aromatic nitrogens is 3. The Morgan fingerprint density at radius 2 is 2.18 bits per heavy atom. The molecule has 2 aromatic rings. The van der Waals surface area contributed by atoms with E-state index in [9.17, 15) is 0 Å². The van der Waals surface area contributed by atoms with E-state index in [1.165, 1.54) is 4.68 Å². The van der Waals surface area contributed by atoms with E-state index < -0.39 is 0 Å². The number of nitrogen functional groups attached to an aromatic ring is 2. The average molecular weight is 233 g/mol. The van der Waals surface area contributed by atoms with E-state index in [-0.39, 0.29) is 5.95 Å². The maximum Gasteiger partial charge on any atom is 0.241 e. The lowest BCUT2D eigenvalue weighted by atomic mass is 10.2. The first-order valence-corrected chi connectivity index (χ1v) is 5.41. The standard InChI is InChI=1S/C11H15N5O/c1-2-6-17-9-5-3-4-8(7-9)10-14-15-11(12)16(10)13/h3-5,7H,2,6,13H2,1H3,(H2,12,15). The SMILES string of the molecule is CCCOc1cccc(-c2nnc(N)n2N)c1. The number of hydrogen-bond acceptors (Lipinski definition) is 5. The Morgan fingerprint density at radius 1 is 1.35 bits per heavy atom. The van der Waals surface area contributed by atoms with Crippen molar-refractivity contribution in [2.45, 2.75) is 13.3 Å². The molecule has 6 nitrogen and oxygen atoms in total. The monoisotopic (exact) mass is 233 g/mol. The van der Waals surface area contributed by atoms with Crippen LogP contribution in [-0.2, 0) is 0 Å². The van der Waals surface area contributed by atoms with Gasteiger partial charge in [-0.1, -0.05) is 19.1 Å². The van der Waals surface area contributed by atoms with Crippen molar-refractivity contribution in [1.29, 1.82) is 0 Å². The van der Waals surface area contributed by atoms with Crippen molar-refractivity contribution >= 4 is 5.95 Å². The quantitative estimate of drug-likeness (QED) is 0.769. The molecule has 6 heteroatoms. The van der Waals surface area contributed by atoms with Gasteiger partial charge in [0.05, 0.1) is 6.61 Å². The number of rotatable bonds is 4. The van der Waals surface area contributed by atoms with Crippen molar-refractivity contribution in [3.8, 4) is 17.1 Å². The molecule has 1 heterocycles. The average Bonchev–Trinajstić information content (AvgIpc) is 2.68. The second-order valence-corrected chi connectivity index (χ2v) is 3.63. The molecule has 0 bridgehead atoms. The first-order chi connectivity index (χ1) is 8.22. The summed E-state index contributed by atoms with van der Waals surface area (Å²) in [6.07, 6.45) is 0.963. The van der Waals surface area contributed by atoms with Gasteiger partial charge in [-0.05, 0) is 18.6 Å². The van der Waals surface area contributed by atoms with Crippen LogP contribution in [0.4, 0.5) is 5.95 Å². The lowest BCUT2D eigenvalue weighted by Gasteiger charge is -2.06. The summed E-state index contributed by atoms with van der Waals surface area (Å²) in [6.45, 7) is 2.74. The lowest BCUT2D eigenvalue weighted by Crippen LogP contribution is -2.13. The van der Waals surface area contributed by atoms with Gasteiger partial charge in [-0.15, -0.1) is 10.2 Å². The number of nitrogens with zero attached hydrogens (tertiary/aromatic N) is 3. The van der Waals surface area contributed by atoms with Crippen LogP contribution >= 0.6 is 0 Å². The number of anilines is 1. The van der Waals surface area contributed by atoms with E-state index in [0.29, 0.717) is 12.4 Å². The zero-order valence-electron chi connectivity index (χ0n) is 9.63. The molecule has 90 valence electrons. The van der Waals surface area contributed by atoms with Gasteiger partial charge in [0.1, 0.15) is 5.75 Å². The van der Waals surface area contributed by atoms with Crippen molar-refractivity contribution in [2.24, 2.45) is 0 Å². The molecule has 0 aliphatic carbocycles. The lowest BCUT2D eigenvalue weighted by molar-refractivity contribution is 0.317. The molecule has 0 spiro atoms. The molecule has 0 radical (unpaired) electrons. The summed E-state index contributed by atoms with van der Waals surface area (Å²) in [4.78, 5) is 0. The maximum atomic E-state index is 5.71. The van der Waals surface area contributed by atoms with Gasteiger partial charge in [0.25, 0.3) is 0 Å². The van der Waals surface area contributed by atoms with Crippen LogP contribution in [0.5, 0.6) is 5.75 Å². The highest BCUT2D eigenvalue weighted by molar-refractivity contribution is 5.59. The summed E-state index contributed by atoms with van der Waals surface area (Å²) in [5, 5.41) is 7.62. The van der Waals surface area contributed by atoms with E-state index >= 15 is 0 Å². The van der Waals surface area contributed by atoms with E-state index in [2.05, 4.69) is 17.1 Å². The first kappa shape index (κ1) is 11.3. The fraction of sp³-hybridized carbons (Fsp3) is 0.273. The molecule has 0 atom stereocenters. The third kappa shape index (κ3) is 2.30. The molecule has 17 heavy (non-hydrogen) atoms. The number of benzene rings is 1. The molecule has 0 fully saturated rings. The highest BCUT2D eigenvalue weighted by Crippen LogP contribution is 2.22. The molecular weight excluding hydrogens is 218 g/mol. The molecule has 0 unspecified atom stereocenters. The van der Waals surface area contributed by atoms with Crippen LogP contribution in [0.3, 0.4) is 0 Å². The molecule has 4 N–H and O–H groups in total. The topological polar surface area (TPSA) is 92.0 Å². The summed E-state index contributed by atoms with van der Waals surface area (Å²) < 4.78 is 6.78. The Hall–Kier alpha value is -2.24. The molecule has 0 saturated heterocycles. The van der Waals surface area contributed by atoms with Crippen molar-refractivity contribution < 1.29 is 4.74 Å². The third-order valence-corrected chi connectivity index (χ3v) is 2.29. The predicted molar refractivity (Wildman–Crippen MR) is 65.8 cm³/mol. The van der Waals surface area contributed by atoms with Crippen molar-refractivity contribution in [3.63, 3.8) is 0 Å². The van der Waals surface area contributed by atoms with Crippen LogP contribution < -0.4 is 16.3 Å². The molecule has 0 amide bonds. The van der Waals surface area contributed by atoms with E-state index in [1.807, 2.05) is 24.3 Å². The fourth-order valence-electron chi connectivity index (χ4n) is 1.45. The van der Waals surface area contributed by atoms with Crippen LogP contribution in [-0.4, -0.2) is 21.5 Å². The van der Waals surface area contributed by atoms with Crippen LogP contribution in [0.2, 0.25) is 0 Å². The molecule has 2 rings (SSSR count). The summed E-state index contributed by atoms with van der Waals surface area (Å²) in [6, 6.07) is 7.51. The summed E-state index contributed by atoms with van der Waals surface area (Å²) >= 11 is 0. The largest absolute Gasteiger partial charge is 0.494 e. The Bertz CT molecular complexity index is 508. The van der Waals surface area contributed by atoms with Crippen LogP contribution in [0.25, 0.3) is 11.4 Å². The number of nitrogens with two attached hydrogens (primary N) is 2. The maximum absolute atomic E-state index is 5.71. The van der Waals surface area contributed by atoms with Crippen LogP contribution in [0.15, 0.2) is 24.3 Å². The summed E-state index contributed by atoms with van der Waals surface area (Å²) in [5.74, 6) is 7.19. The minimum atomic E-state index is 0.180. The zero-order chi connectivity index (χ0) is 12.3. The molecule has 1 aromatic carbocycles. The normalized spacial score (nSPS) is 10.4. The molecule has 0 saturated carbocycles. The molecule has 0 aliphatic rings. The minimum Gasteiger partial charge on any atom is -0.494 e. The van der Waals surface area contributed by atoms with E-state index in [1.54, 1.807) is 0 Å². The smallest absolute Gasteiger partial charge is 0.241 e. The summed E-state index contributed by atoms with van der Waals surface area (Å²) in [7, 11) is 0. The van der Waals surface area contributed by atoms with Gasteiger partial charge < -0.3 is 16.3 Å². The molecule has 0 aliphatic heterocycles. The van der Waals surface area contributed by atoms with E-state index in [4.69, 9.17) is 16.3 Å². The van der Waals surface area contributed by atoms with Gasteiger partial charge in [-0.3, -0.25) is 0 Å². The van der Waals surface area contributed by atoms with Crippen molar-refractivity contribution in [3.05, 3.63) is 24.3 Å². The predicted octanol–water partition coefficient (Wildman–Crippen LogP) is 1.03. The Morgan fingerprint density at radius 3 is 2.82 bits per heavy atom. The van der Waals surface area contributed by atoms with Gasteiger partial charge in [-0.25, -0.2) is 4.68 Å². The Balaban J connectivity index is 2.30. The Labute approximate surface area is 99.2 Å². The second-order valence-electron chi connectivity index (χ2n) is 3.63. The zero-order valence-corrected chi connectivity index (χ0v) is 9.63. The van der Waals surface area contributed by atoms with Crippen molar-refractivity contribution in [1.82, 2.24) is 14.9 Å². The highest BCUT2D eigenvalue weighted by Gasteiger charge is 2.09. The van der Waals surface area contributed by atoms with Crippen molar-refractivity contribution in [2.75, 3.05) is 18.2 Å². The van der Waals surface area contributed by atoms with Crippen LogP contribution in [0, 0.1) is 0 Å². The minimum absolute atomic E-state index is 0.180. The second kappa shape index (κ2) is 4.73. The summed E-state index contributed by atoms with van der Waals surface area (Å²) in [5.41, 5.74) is 6.35. The van der Waals surface area contributed by atoms with Gasteiger partial charge in [-0.2, -0.15) is 0 Å². The highest BCUT2D eigenvalue weighted by atomic mass is 16.5. The van der Waals surface area contributed by atoms with Gasteiger partial charge in [0.2, 0.25) is 5.95 Å². The third-order valence-electron chi connectivity index (χ3n) is 2.29. The number of hydrogen-bond donors (Lipinski definition) is 2. The van der Waals surface area contributed by atoms with E-state index in [0.717, 1.165) is 17.7 Å². The molecular formula is C11H15N5O. The fourth-order valence-corrected chi connectivity index (χ4v) is 1.45. The number of ether oxygens (including phenoxy) is 1. The van der Waals surface area contributed by atoms with Gasteiger partial charge >= 0.3 is 0 Å². The Kier molecular flexibility index (Phi) is 3.13.